The number of nitrogens with two attached hydrogens (primary N) is 1. The lowest BCUT2D eigenvalue weighted by atomic mass is 10.2. The highest BCUT2D eigenvalue weighted by Gasteiger charge is 2.09. The molecule has 0 aliphatic carbocycles. The van der Waals surface area contributed by atoms with Crippen LogP contribution in [0.1, 0.15) is 12.5 Å². The number of hydrogen-bond acceptors (Lipinski definition) is 3. The lowest BCUT2D eigenvalue weighted by Gasteiger charge is -2.03. The van der Waals surface area contributed by atoms with Crippen molar-refractivity contribution in [1.29, 1.82) is 0 Å². The third-order valence-electron chi connectivity index (χ3n) is 1.90. The Labute approximate surface area is 90.5 Å². The van der Waals surface area contributed by atoms with E-state index < -0.39 is 9.84 Å². The van der Waals surface area contributed by atoms with Gasteiger partial charge in [0, 0.05) is 12.3 Å². The molecule has 1 unspecified atom stereocenters. The fraction of sp³-hybridized carbons (Fsp3) is 0.273. The van der Waals surface area contributed by atoms with Crippen LogP contribution in [0.2, 0.25) is 0 Å². The summed E-state index contributed by atoms with van der Waals surface area (Å²) in [5.41, 5.74) is 6.24. The van der Waals surface area contributed by atoms with Crippen molar-refractivity contribution >= 4 is 15.9 Å². The van der Waals surface area contributed by atoms with Gasteiger partial charge in [-0.15, -0.1) is 0 Å². The van der Waals surface area contributed by atoms with Crippen molar-refractivity contribution in [2.24, 2.45) is 5.73 Å². The molecule has 1 aromatic rings. The zero-order valence-corrected chi connectivity index (χ0v) is 9.66. The minimum Gasteiger partial charge on any atom is -0.325 e. The first-order valence-electron chi connectivity index (χ1n) is 4.64. The SMILES string of the molecule is CC(N)/C=C/c1ccccc1S(C)(=O)=O. The third-order valence-corrected chi connectivity index (χ3v) is 3.07. The molecule has 1 rings (SSSR count). The fourth-order valence-electron chi connectivity index (χ4n) is 1.21. The van der Waals surface area contributed by atoms with E-state index in [2.05, 4.69) is 0 Å². The number of rotatable bonds is 3. The van der Waals surface area contributed by atoms with Crippen LogP contribution < -0.4 is 5.73 Å². The molecule has 0 amide bonds. The molecule has 0 aliphatic heterocycles. The minimum absolute atomic E-state index is 0.0855. The zero-order chi connectivity index (χ0) is 11.5. The van der Waals surface area contributed by atoms with Gasteiger partial charge in [0.2, 0.25) is 0 Å². The number of sulfone groups is 1. The molecule has 4 heteroatoms. The summed E-state index contributed by atoms with van der Waals surface area (Å²) >= 11 is 0. The van der Waals surface area contributed by atoms with E-state index in [-0.39, 0.29) is 6.04 Å². The van der Waals surface area contributed by atoms with Gasteiger partial charge in [0.25, 0.3) is 0 Å². The van der Waals surface area contributed by atoms with Crippen molar-refractivity contribution in [2.75, 3.05) is 6.26 Å². The molecule has 0 radical (unpaired) electrons. The Balaban J connectivity index is 3.19. The molecule has 0 aliphatic rings. The maximum Gasteiger partial charge on any atom is 0.176 e. The van der Waals surface area contributed by atoms with Crippen LogP contribution in [0.25, 0.3) is 6.08 Å². The average molecular weight is 225 g/mol. The minimum atomic E-state index is -3.17. The van der Waals surface area contributed by atoms with Gasteiger partial charge in [-0.3, -0.25) is 0 Å². The van der Waals surface area contributed by atoms with E-state index in [4.69, 9.17) is 5.73 Å². The molecule has 3 nitrogen and oxygen atoms in total. The second-order valence-electron chi connectivity index (χ2n) is 3.53. The maximum atomic E-state index is 11.4. The van der Waals surface area contributed by atoms with Gasteiger partial charge in [-0.2, -0.15) is 0 Å². The summed E-state index contributed by atoms with van der Waals surface area (Å²) in [5.74, 6) is 0. The summed E-state index contributed by atoms with van der Waals surface area (Å²) in [6.45, 7) is 1.83. The van der Waals surface area contributed by atoms with Crippen LogP contribution >= 0.6 is 0 Å². The zero-order valence-electron chi connectivity index (χ0n) is 8.84. The second kappa shape index (κ2) is 4.59. The summed E-state index contributed by atoms with van der Waals surface area (Å²) in [6.07, 6.45) is 4.70. The quantitative estimate of drug-likeness (QED) is 0.847. The predicted molar refractivity (Wildman–Crippen MR) is 62.2 cm³/mol. The number of benzene rings is 1. The van der Waals surface area contributed by atoms with Crippen LogP contribution in [0, 0.1) is 0 Å². The van der Waals surface area contributed by atoms with Gasteiger partial charge in [0.05, 0.1) is 4.90 Å². The summed E-state index contributed by atoms with van der Waals surface area (Å²) in [4.78, 5) is 0.335. The van der Waals surface area contributed by atoms with Crippen LogP contribution in [0.4, 0.5) is 0 Å². The van der Waals surface area contributed by atoms with E-state index in [1.54, 1.807) is 36.4 Å². The Morgan fingerprint density at radius 1 is 1.33 bits per heavy atom. The summed E-state index contributed by atoms with van der Waals surface area (Å²) < 4.78 is 22.9. The first-order chi connectivity index (χ1) is 6.91. The highest BCUT2D eigenvalue weighted by Crippen LogP contribution is 2.16. The third kappa shape index (κ3) is 3.49. The van der Waals surface area contributed by atoms with Crippen LogP contribution in [0.3, 0.4) is 0 Å². The fourth-order valence-corrected chi connectivity index (χ4v) is 2.10. The van der Waals surface area contributed by atoms with Gasteiger partial charge in [-0.1, -0.05) is 30.4 Å². The van der Waals surface area contributed by atoms with E-state index >= 15 is 0 Å². The van der Waals surface area contributed by atoms with E-state index in [1.165, 1.54) is 6.26 Å². The average Bonchev–Trinajstić information content (AvgIpc) is 2.13. The molecule has 2 N–H and O–H groups in total. The topological polar surface area (TPSA) is 60.2 Å². The van der Waals surface area contributed by atoms with Gasteiger partial charge >= 0.3 is 0 Å². The van der Waals surface area contributed by atoms with E-state index in [0.717, 1.165) is 0 Å². The Morgan fingerprint density at radius 3 is 2.47 bits per heavy atom. The molecule has 1 aromatic carbocycles. The monoisotopic (exact) mass is 225 g/mol. The van der Waals surface area contributed by atoms with Gasteiger partial charge < -0.3 is 5.73 Å². The molecule has 0 aromatic heterocycles. The van der Waals surface area contributed by atoms with Crippen LogP contribution in [-0.4, -0.2) is 20.7 Å². The van der Waals surface area contributed by atoms with E-state index in [0.29, 0.717) is 10.5 Å². The van der Waals surface area contributed by atoms with Crippen molar-refractivity contribution < 1.29 is 8.42 Å². The van der Waals surface area contributed by atoms with Gasteiger partial charge in [-0.05, 0) is 18.6 Å². The second-order valence-corrected chi connectivity index (χ2v) is 5.51. The molecular weight excluding hydrogens is 210 g/mol. The van der Waals surface area contributed by atoms with Crippen LogP contribution in [0.5, 0.6) is 0 Å². The Bertz CT molecular complexity index is 461. The van der Waals surface area contributed by atoms with E-state index in [9.17, 15) is 8.42 Å². The molecule has 0 saturated heterocycles. The molecule has 0 fully saturated rings. The molecule has 82 valence electrons. The van der Waals surface area contributed by atoms with Crippen molar-refractivity contribution in [3.63, 3.8) is 0 Å². The smallest absolute Gasteiger partial charge is 0.176 e. The molecule has 15 heavy (non-hydrogen) atoms. The number of hydrogen-bond donors (Lipinski definition) is 1. The molecular formula is C11H15NO2S. The van der Waals surface area contributed by atoms with Gasteiger partial charge in [-0.25, -0.2) is 8.42 Å². The van der Waals surface area contributed by atoms with Crippen LogP contribution in [-0.2, 0) is 9.84 Å². The molecule has 0 heterocycles. The van der Waals surface area contributed by atoms with Crippen molar-refractivity contribution in [3.05, 3.63) is 35.9 Å². The lowest BCUT2D eigenvalue weighted by Crippen LogP contribution is -2.10. The van der Waals surface area contributed by atoms with E-state index in [1.807, 2.05) is 6.92 Å². The maximum absolute atomic E-state index is 11.4. The van der Waals surface area contributed by atoms with Gasteiger partial charge in [0.1, 0.15) is 0 Å². The Morgan fingerprint density at radius 2 is 1.93 bits per heavy atom. The predicted octanol–water partition coefficient (Wildman–Crippen LogP) is 1.45. The summed E-state index contributed by atoms with van der Waals surface area (Å²) in [5, 5.41) is 0. The lowest BCUT2D eigenvalue weighted by molar-refractivity contribution is 0.601. The highest BCUT2D eigenvalue weighted by atomic mass is 32.2. The Hall–Kier alpha value is -1.13. The largest absolute Gasteiger partial charge is 0.325 e. The Kier molecular flexibility index (Phi) is 3.66. The normalized spacial score (nSPS) is 14.3. The molecule has 1 atom stereocenters. The molecule has 0 saturated carbocycles. The van der Waals surface area contributed by atoms with Gasteiger partial charge in [0.15, 0.2) is 9.84 Å². The summed E-state index contributed by atoms with van der Waals surface area (Å²) in [7, 11) is -3.17. The van der Waals surface area contributed by atoms with Crippen LogP contribution in [0.15, 0.2) is 35.2 Å². The summed E-state index contributed by atoms with van der Waals surface area (Å²) in [6, 6.07) is 6.78. The standard InChI is InChI=1S/C11H15NO2S/c1-9(12)7-8-10-5-3-4-6-11(10)15(2,13)14/h3-9H,12H2,1-2H3/b8-7+. The highest BCUT2D eigenvalue weighted by molar-refractivity contribution is 7.90. The first kappa shape index (κ1) is 11.9. The molecule has 0 spiro atoms. The van der Waals surface area contributed by atoms with Crippen molar-refractivity contribution in [1.82, 2.24) is 0 Å². The van der Waals surface area contributed by atoms with Crippen molar-refractivity contribution in [3.8, 4) is 0 Å². The van der Waals surface area contributed by atoms with Crippen molar-refractivity contribution in [2.45, 2.75) is 17.9 Å². The first-order valence-corrected chi connectivity index (χ1v) is 6.53. The molecule has 0 bridgehead atoms.